The minimum absolute atomic E-state index is 0.0169. The van der Waals surface area contributed by atoms with Crippen molar-refractivity contribution < 1.29 is 27.6 Å². The molecule has 0 atom stereocenters. The minimum atomic E-state index is -0.561. The lowest BCUT2D eigenvalue weighted by Gasteiger charge is -2.34. The maximum atomic E-state index is 13.6. The van der Waals surface area contributed by atoms with Crippen molar-refractivity contribution in [1.29, 1.82) is 0 Å². The van der Waals surface area contributed by atoms with Crippen molar-refractivity contribution >= 4 is 34.4 Å². The molecule has 2 aromatic carbocycles. The summed E-state index contributed by atoms with van der Waals surface area (Å²) in [7, 11) is 0. The second kappa shape index (κ2) is 8.86. The molecule has 0 spiro atoms. The van der Waals surface area contributed by atoms with Crippen molar-refractivity contribution in [3.63, 3.8) is 0 Å². The van der Waals surface area contributed by atoms with Gasteiger partial charge in [-0.15, -0.1) is 0 Å². The van der Waals surface area contributed by atoms with E-state index in [9.17, 15) is 18.8 Å². The lowest BCUT2D eigenvalue weighted by atomic mass is 10.1. The number of carbonyl (C=O) groups is 3. The van der Waals surface area contributed by atoms with Crippen molar-refractivity contribution in [2.75, 3.05) is 31.5 Å². The number of hydrogen-bond donors (Lipinski definition) is 1. The lowest BCUT2D eigenvalue weighted by molar-refractivity contribution is 0.0504. The Labute approximate surface area is 193 Å². The Balaban J connectivity index is 1.37. The lowest BCUT2D eigenvalue weighted by Crippen LogP contribution is -2.50. The Hall–Kier alpha value is -4.40. The summed E-state index contributed by atoms with van der Waals surface area (Å²) in [6.07, 6.45) is 1.44. The molecule has 0 saturated carbocycles. The van der Waals surface area contributed by atoms with Crippen LogP contribution in [0.1, 0.15) is 31.5 Å². The molecule has 172 valence electrons. The Bertz CT molecular complexity index is 1370. The van der Waals surface area contributed by atoms with E-state index in [1.54, 1.807) is 46.2 Å². The minimum Gasteiger partial charge on any atom is -0.459 e. The normalized spacial score (nSPS) is 13.8. The fourth-order valence-corrected chi connectivity index (χ4v) is 3.95. The molecule has 3 heterocycles. The highest BCUT2D eigenvalue weighted by Gasteiger charge is 2.31. The molecule has 1 aliphatic rings. The van der Waals surface area contributed by atoms with Crippen LogP contribution < -0.4 is 5.32 Å². The molecule has 0 radical (unpaired) electrons. The van der Waals surface area contributed by atoms with E-state index in [-0.39, 0.29) is 28.7 Å². The summed E-state index contributed by atoms with van der Waals surface area (Å²) < 4.78 is 24.6. The van der Waals surface area contributed by atoms with E-state index >= 15 is 0 Å². The van der Waals surface area contributed by atoms with Crippen LogP contribution in [0.5, 0.6) is 0 Å². The second-order valence-corrected chi connectivity index (χ2v) is 7.83. The van der Waals surface area contributed by atoms with Crippen LogP contribution in [0, 0.1) is 5.82 Å². The van der Waals surface area contributed by atoms with Gasteiger partial charge in [-0.25, -0.2) is 4.39 Å². The predicted octanol–water partition coefficient (Wildman–Crippen LogP) is 4.02. The third-order valence-electron chi connectivity index (χ3n) is 5.70. The summed E-state index contributed by atoms with van der Waals surface area (Å²) in [6, 6.07) is 15.5. The molecule has 5 rings (SSSR count). The van der Waals surface area contributed by atoms with Crippen molar-refractivity contribution in [2.24, 2.45) is 0 Å². The zero-order chi connectivity index (χ0) is 23.7. The summed E-state index contributed by atoms with van der Waals surface area (Å²) in [5, 5.41) is 3.28. The highest BCUT2D eigenvalue weighted by atomic mass is 19.1. The Morgan fingerprint density at radius 3 is 2.29 bits per heavy atom. The van der Waals surface area contributed by atoms with Gasteiger partial charge in [0.05, 0.1) is 6.26 Å². The Morgan fingerprint density at radius 2 is 1.59 bits per heavy atom. The molecule has 0 unspecified atom stereocenters. The van der Waals surface area contributed by atoms with E-state index < -0.39 is 17.6 Å². The average molecular weight is 461 g/mol. The van der Waals surface area contributed by atoms with Gasteiger partial charge in [-0.3, -0.25) is 14.4 Å². The van der Waals surface area contributed by atoms with E-state index in [0.717, 1.165) is 6.07 Å². The highest BCUT2D eigenvalue weighted by molar-refractivity contribution is 6.14. The third-order valence-corrected chi connectivity index (χ3v) is 5.70. The molecule has 0 bridgehead atoms. The molecular formula is C25H20FN3O5. The van der Waals surface area contributed by atoms with Crippen LogP contribution in [0.25, 0.3) is 11.0 Å². The van der Waals surface area contributed by atoms with Crippen LogP contribution in [-0.2, 0) is 0 Å². The molecule has 0 aliphatic carbocycles. The zero-order valence-corrected chi connectivity index (χ0v) is 18.0. The fraction of sp³-hybridized carbons (Fsp3) is 0.160. The SMILES string of the molecule is O=C(Nc1c(C(=O)N2CCN(C(=O)c3ccco3)CC2)oc2ccccc12)c1cccc(F)c1. The first-order valence-corrected chi connectivity index (χ1v) is 10.7. The molecule has 4 aromatic rings. The number of anilines is 1. The van der Waals surface area contributed by atoms with E-state index in [4.69, 9.17) is 8.83 Å². The topological polar surface area (TPSA) is 96.0 Å². The van der Waals surface area contributed by atoms with Gasteiger partial charge in [-0.05, 0) is 42.5 Å². The molecule has 3 amide bonds. The molecule has 1 fully saturated rings. The first kappa shape index (κ1) is 21.4. The molecule has 1 N–H and O–H groups in total. The number of halogens is 1. The number of rotatable bonds is 4. The van der Waals surface area contributed by atoms with Gasteiger partial charge in [-0.2, -0.15) is 0 Å². The molecule has 2 aromatic heterocycles. The maximum absolute atomic E-state index is 13.6. The Morgan fingerprint density at radius 1 is 0.853 bits per heavy atom. The number of amides is 3. The first-order chi connectivity index (χ1) is 16.5. The number of fused-ring (bicyclic) bond motifs is 1. The van der Waals surface area contributed by atoms with E-state index in [1.165, 1.54) is 24.5 Å². The molecule has 34 heavy (non-hydrogen) atoms. The molecule has 9 heteroatoms. The van der Waals surface area contributed by atoms with Crippen molar-refractivity contribution in [3.05, 3.63) is 89.8 Å². The van der Waals surface area contributed by atoms with Gasteiger partial charge in [0.1, 0.15) is 17.1 Å². The standard InChI is InChI=1S/C25H20FN3O5/c26-17-6-3-5-16(15-17)23(30)27-21-18-7-1-2-8-19(18)34-22(21)25(32)29-12-10-28(11-13-29)24(31)20-9-4-14-33-20/h1-9,14-15H,10-13H2,(H,27,30). The highest BCUT2D eigenvalue weighted by Crippen LogP contribution is 2.32. The number of hydrogen-bond acceptors (Lipinski definition) is 5. The number of nitrogens with one attached hydrogen (secondary N) is 1. The first-order valence-electron chi connectivity index (χ1n) is 10.7. The molecule has 8 nitrogen and oxygen atoms in total. The van der Waals surface area contributed by atoms with E-state index in [0.29, 0.717) is 37.1 Å². The van der Waals surface area contributed by atoms with Gasteiger partial charge < -0.3 is 24.0 Å². The van der Waals surface area contributed by atoms with E-state index in [1.807, 2.05) is 0 Å². The van der Waals surface area contributed by atoms with Crippen molar-refractivity contribution in [1.82, 2.24) is 9.80 Å². The third kappa shape index (κ3) is 4.03. The quantitative estimate of drug-likeness (QED) is 0.495. The number of benzene rings is 2. The molecule has 1 saturated heterocycles. The monoisotopic (exact) mass is 461 g/mol. The smallest absolute Gasteiger partial charge is 0.291 e. The average Bonchev–Trinajstić information content (AvgIpc) is 3.52. The van der Waals surface area contributed by atoms with Gasteiger partial charge in [0.2, 0.25) is 5.76 Å². The van der Waals surface area contributed by atoms with Gasteiger partial charge >= 0.3 is 0 Å². The summed E-state index contributed by atoms with van der Waals surface area (Å²) in [5.41, 5.74) is 0.782. The van der Waals surface area contributed by atoms with Gasteiger partial charge in [0, 0.05) is 37.1 Å². The summed E-state index contributed by atoms with van der Waals surface area (Å²) in [6.45, 7) is 1.24. The number of furan rings is 2. The zero-order valence-electron chi connectivity index (χ0n) is 18.0. The van der Waals surface area contributed by atoms with Gasteiger partial charge in [0.25, 0.3) is 17.7 Å². The predicted molar refractivity (Wildman–Crippen MR) is 121 cm³/mol. The number of piperazine rings is 1. The number of nitrogens with zero attached hydrogens (tertiary/aromatic N) is 2. The van der Waals surface area contributed by atoms with Crippen LogP contribution in [0.2, 0.25) is 0 Å². The summed E-state index contributed by atoms with van der Waals surface area (Å²) >= 11 is 0. The Kier molecular flexibility index (Phi) is 5.59. The molecule has 1 aliphatic heterocycles. The van der Waals surface area contributed by atoms with Gasteiger partial charge in [0.15, 0.2) is 5.76 Å². The number of carbonyl (C=O) groups excluding carboxylic acids is 3. The largest absolute Gasteiger partial charge is 0.459 e. The second-order valence-electron chi connectivity index (χ2n) is 7.83. The van der Waals surface area contributed by atoms with E-state index in [2.05, 4.69) is 5.32 Å². The van der Waals surface area contributed by atoms with Crippen LogP contribution in [0.4, 0.5) is 10.1 Å². The van der Waals surface area contributed by atoms with Crippen molar-refractivity contribution in [2.45, 2.75) is 0 Å². The van der Waals surface area contributed by atoms with Crippen LogP contribution >= 0.6 is 0 Å². The number of para-hydroxylation sites is 1. The maximum Gasteiger partial charge on any atom is 0.291 e. The fourth-order valence-electron chi connectivity index (χ4n) is 3.95. The summed E-state index contributed by atoms with van der Waals surface area (Å²) in [5.74, 6) is -1.51. The molecular weight excluding hydrogens is 441 g/mol. The summed E-state index contributed by atoms with van der Waals surface area (Å²) in [4.78, 5) is 41.8. The van der Waals surface area contributed by atoms with Crippen molar-refractivity contribution in [3.8, 4) is 0 Å². The van der Waals surface area contributed by atoms with Crippen LogP contribution in [-0.4, -0.2) is 53.7 Å². The van der Waals surface area contributed by atoms with Crippen LogP contribution in [0.15, 0.2) is 75.8 Å². The van der Waals surface area contributed by atoms with Gasteiger partial charge in [-0.1, -0.05) is 18.2 Å². The van der Waals surface area contributed by atoms with Crippen LogP contribution in [0.3, 0.4) is 0 Å².